The van der Waals surface area contributed by atoms with Gasteiger partial charge in [0.25, 0.3) is 0 Å². The number of aromatic nitrogens is 3. The largest absolute Gasteiger partial charge is 0.378 e. The molecule has 0 bridgehead atoms. The first kappa shape index (κ1) is 23.9. The van der Waals surface area contributed by atoms with Gasteiger partial charge < -0.3 is 29.8 Å². The topological polar surface area (TPSA) is 114 Å². The zero-order valence-electron chi connectivity index (χ0n) is 20.8. The number of nitrogens with zero attached hydrogens (tertiary/aromatic N) is 3. The van der Waals surface area contributed by atoms with E-state index in [4.69, 9.17) is 24.9 Å². The van der Waals surface area contributed by atoms with E-state index in [1.807, 2.05) is 37.7 Å². The molecular weight excluding hydrogens is 446 g/mol. The van der Waals surface area contributed by atoms with E-state index in [9.17, 15) is 4.79 Å². The van der Waals surface area contributed by atoms with Crippen molar-refractivity contribution in [2.24, 2.45) is 12.8 Å². The summed E-state index contributed by atoms with van der Waals surface area (Å²) >= 11 is 0. The summed E-state index contributed by atoms with van der Waals surface area (Å²) < 4.78 is 20.2. The Labute approximate surface area is 205 Å². The van der Waals surface area contributed by atoms with E-state index >= 15 is 0 Å². The number of pyridine rings is 2. The minimum atomic E-state index is -0.529. The fourth-order valence-electron chi connectivity index (χ4n) is 4.97. The van der Waals surface area contributed by atoms with Crippen molar-refractivity contribution in [2.45, 2.75) is 51.4 Å². The Morgan fingerprint density at radius 3 is 2.89 bits per heavy atom. The number of carbonyl (C=O) groups is 1. The molecule has 0 saturated carbocycles. The van der Waals surface area contributed by atoms with Crippen LogP contribution >= 0.6 is 0 Å². The van der Waals surface area contributed by atoms with Gasteiger partial charge in [-0.3, -0.25) is 4.79 Å². The highest BCUT2D eigenvalue weighted by molar-refractivity contribution is 5.98. The molecule has 5 rings (SSSR count). The Morgan fingerprint density at radius 1 is 1.34 bits per heavy atom. The van der Waals surface area contributed by atoms with Crippen LogP contribution in [0.4, 0.5) is 5.82 Å². The maximum atomic E-state index is 11.6. The molecule has 0 radical (unpaired) electrons. The lowest BCUT2D eigenvalue weighted by Crippen LogP contribution is -2.38. The van der Waals surface area contributed by atoms with Crippen molar-refractivity contribution >= 4 is 22.6 Å². The van der Waals surface area contributed by atoms with E-state index in [2.05, 4.69) is 16.4 Å². The summed E-state index contributed by atoms with van der Waals surface area (Å²) in [5.74, 6) is 0.344. The monoisotopic (exact) mass is 479 g/mol. The molecule has 35 heavy (non-hydrogen) atoms. The Kier molecular flexibility index (Phi) is 6.13. The standard InChI is InChI=1S/C26H33N5O4/c1-16(32)29-23-10-19-20(12-31(4)22(19)11-28-23)21-9-17(13-34-14-25(2,3)27)18-5-7-35-26(24(18)30-21)6-8-33-15-26/h9-12H,5-8,13-15,27H2,1-4H3,(H,28,29,32). The van der Waals surface area contributed by atoms with E-state index in [1.165, 1.54) is 12.5 Å². The normalized spacial score (nSPS) is 19.9. The molecule has 3 N–H and O–H groups in total. The van der Waals surface area contributed by atoms with Gasteiger partial charge in [0.1, 0.15) is 11.4 Å². The number of amides is 1. The van der Waals surface area contributed by atoms with Crippen molar-refractivity contribution < 1.29 is 19.0 Å². The molecule has 1 spiro atoms. The Bertz CT molecular complexity index is 1270. The number of rotatable bonds is 6. The van der Waals surface area contributed by atoms with Gasteiger partial charge in [0.15, 0.2) is 0 Å². The van der Waals surface area contributed by atoms with Gasteiger partial charge in [-0.05, 0) is 43.5 Å². The molecule has 1 amide bonds. The second kappa shape index (κ2) is 8.98. The van der Waals surface area contributed by atoms with Crippen molar-refractivity contribution in [1.29, 1.82) is 0 Å². The molecule has 3 aromatic heterocycles. The molecule has 2 aliphatic rings. The van der Waals surface area contributed by atoms with Crippen molar-refractivity contribution in [3.05, 3.63) is 41.3 Å². The molecule has 3 aromatic rings. The van der Waals surface area contributed by atoms with Crippen LogP contribution in [0, 0.1) is 0 Å². The minimum absolute atomic E-state index is 0.163. The van der Waals surface area contributed by atoms with E-state index in [0.29, 0.717) is 38.9 Å². The van der Waals surface area contributed by atoms with Crippen LogP contribution in [-0.2, 0) is 44.7 Å². The number of aryl methyl sites for hydroxylation is 1. The molecule has 9 heteroatoms. The second-order valence-corrected chi connectivity index (χ2v) is 10.3. The summed E-state index contributed by atoms with van der Waals surface area (Å²) in [5, 5.41) is 3.74. The Hall–Kier alpha value is -2.85. The number of fused-ring (bicyclic) bond motifs is 3. The first-order chi connectivity index (χ1) is 16.7. The van der Waals surface area contributed by atoms with Gasteiger partial charge in [-0.25, -0.2) is 9.97 Å². The maximum Gasteiger partial charge on any atom is 0.222 e. The second-order valence-electron chi connectivity index (χ2n) is 10.3. The lowest BCUT2D eigenvalue weighted by molar-refractivity contribution is -0.114. The summed E-state index contributed by atoms with van der Waals surface area (Å²) in [6, 6.07) is 4.01. The molecule has 1 fully saturated rings. The fourth-order valence-corrected chi connectivity index (χ4v) is 4.97. The Morgan fingerprint density at radius 2 is 2.17 bits per heavy atom. The van der Waals surface area contributed by atoms with Gasteiger partial charge >= 0.3 is 0 Å². The fraction of sp³-hybridized carbons (Fsp3) is 0.500. The van der Waals surface area contributed by atoms with E-state index in [-0.39, 0.29) is 5.91 Å². The molecule has 9 nitrogen and oxygen atoms in total. The molecule has 1 unspecified atom stereocenters. The molecule has 2 aliphatic heterocycles. The van der Waals surface area contributed by atoms with E-state index in [0.717, 1.165) is 46.3 Å². The number of anilines is 1. The van der Waals surface area contributed by atoms with Crippen molar-refractivity contribution in [3.8, 4) is 11.3 Å². The highest BCUT2D eigenvalue weighted by Gasteiger charge is 2.44. The molecular formula is C26H33N5O4. The van der Waals surface area contributed by atoms with Crippen LogP contribution in [0.15, 0.2) is 24.5 Å². The number of hydrogen-bond donors (Lipinski definition) is 2. The lowest BCUT2D eigenvalue weighted by atomic mass is 9.87. The number of nitrogens with one attached hydrogen (secondary N) is 1. The number of ether oxygens (including phenoxy) is 3. The average molecular weight is 480 g/mol. The average Bonchev–Trinajstić information content (AvgIpc) is 3.38. The molecule has 0 aliphatic carbocycles. The van der Waals surface area contributed by atoms with Crippen LogP contribution in [0.1, 0.15) is 44.0 Å². The summed E-state index contributed by atoms with van der Waals surface area (Å²) in [6.45, 7) is 8.06. The highest BCUT2D eigenvalue weighted by Crippen LogP contribution is 2.42. The quantitative estimate of drug-likeness (QED) is 0.559. The van der Waals surface area contributed by atoms with Crippen molar-refractivity contribution in [1.82, 2.24) is 14.5 Å². The molecule has 5 heterocycles. The predicted octanol–water partition coefficient (Wildman–Crippen LogP) is 3.04. The number of carbonyl (C=O) groups excluding carboxylic acids is 1. The SMILES string of the molecule is CC(=O)Nc1cc2c(-c3cc(COCC(C)(C)N)c4c(n3)C3(CCOC3)OCC4)cn(C)c2cn1. The van der Waals surface area contributed by atoms with E-state index < -0.39 is 11.1 Å². The minimum Gasteiger partial charge on any atom is -0.378 e. The van der Waals surface area contributed by atoms with Crippen molar-refractivity contribution in [2.75, 3.05) is 31.7 Å². The van der Waals surface area contributed by atoms with Crippen LogP contribution in [0.2, 0.25) is 0 Å². The van der Waals surface area contributed by atoms with Crippen LogP contribution in [-0.4, -0.2) is 52.4 Å². The van der Waals surface area contributed by atoms with Gasteiger partial charge in [-0.2, -0.15) is 0 Å². The van der Waals surface area contributed by atoms with Crippen LogP contribution in [0.3, 0.4) is 0 Å². The third-order valence-electron chi connectivity index (χ3n) is 6.55. The summed E-state index contributed by atoms with van der Waals surface area (Å²) in [5.41, 5.74) is 11.2. The van der Waals surface area contributed by atoms with E-state index in [1.54, 1.807) is 6.20 Å². The zero-order chi connectivity index (χ0) is 24.8. The van der Waals surface area contributed by atoms with Gasteiger partial charge in [0, 0.05) is 49.7 Å². The first-order valence-electron chi connectivity index (χ1n) is 12.0. The smallest absolute Gasteiger partial charge is 0.222 e. The molecule has 1 atom stereocenters. The third-order valence-corrected chi connectivity index (χ3v) is 6.55. The summed E-state index contributed by atoms with van der Waals surface area (Å²) in [7, 11) is 1.98. The van der Waals surface area contributed by atoms with Gasteiger partial charge in [-0.1, -0.05) is 0 Å². The number of hydrogen-bond acceptors (Lipinski definition) is 7. The maximum absolute atomic E-state index is 11.6. The van der Waals surface area contributed by atoms with Crippen molar-refractivity contribution in [3.63, 3.8) is 0 Å². The molecule has 186 valence electrons. The first-order valence-corrected chi connectivity index (χ1v) is 12.0. The summed E-state index contributed by atoms with van der Waals surface area (Å²) in [4.78, 5) is 21.2. The summed E-state index contributed by atoms with van der Waals surface area (Å²) in [6.07, 6.45) is 5.37. The van der Waals surface area contributed by atoms with Gasteiger partial charge in [-0.15, -0.1) is 0 Å². The highest BCUT2D eigenvalue weighted by atomic mass is 16.6. The molecule has 1 saturated heterocycles. The Balaban J connectivity index is 1.64. The van der Waals surface area contributed by atoms with Crippen LogP contribution in [0.25, 0.3) is 22.2 Å². The van der Waals surface area contributed by atoms with Crippen LogP contribution < -0.4 is 11.1 Å². The molecule has 0 aromatic carbocycles. The number of nitrogens with two attached hydrogens (primary N) is 1. The van der Waals surface area contributed by atoms with Gasteiger partial charge in [0.2, 0.25) is 5.91 Å². The van der Waals surface area contributed by atoms with Crippen LogP contribution in [0.5, 0.6) is 0 Å². The van der Waals surface area contributed by atoms with Gasteiger partial charge in [0.05, 0.1) is 49.5 Å². The lowest BCUT2D eigenvalue weighted by Gasteiger charge is -2.35. The predicted molar refractivity (Wildman–Crippen MR) is 133 cm³/mol. The third kappa shape index (κ3) is 4.69. The zero-order valence-corrected chi connectivity index (χ0v) is 20.8.